The summed E-state index contributed by atoms with van der Waals surface area (Å²) in [7, 11) is -3.02. The minimum Gasteiger partial charge on any atom is -0.309 e. The fourth-order valence-corrected chi connectivity index (χ4v) is 4.40. The molecule has 120 valence electrons. The number of sulfonamides is 1. The maximum Gasteiger partial charge on any atom is 0.211 e. The van der Waals surface area contributed by atoms with Gasteiger partial charge in [-0.2, -0.15) is 0 Å². The molecule has 0 atom stereocenters. The Hall–Kier alpha value is -0.430. The van der Waals surface area contributed by atoms with Crippen LogP contribution in [0.15, 0.2) is 12.1 Å². The van der Waals surface area contributed by atoms with Gasteiger partial charge in [-0.25, -0.2) is 12.7 Å². The molecule has 1 saturated heterocycles. The molecule has 0 amide bonds. The van der Waals surface area contributed by atoms with Crippen LogP contribution in [0.4, 0.5) is 0 Å². The predicted octanol–water partition coefficient (Wildman–Crippen LogP) is 2.56. The molecular weight excluding hydrogens is 304 g/mol. The van der Waals surface area contributed by atoms with Gasteiger partial charge in [0.2, 0.25) is 10.0 Å². The van der Waals surface area contributed by atoms with Crippen molar-refractivity contribution in [1.82, 2.24) is 9.62 Å². The van der Waals surface area contributed by atoms with Crippen molar-refractivity contribution < 1.29 is 8.42 Å². The van der Waals surface area contributed by atoms with E-state index in [9.17, 15) is 8.42 Å². The Balaban J connectivity index is 1.81. The summed E-state index contributed by atoms with van der Waals surface area (Å²) in [6, 6.07) is 4.83. The van der Waals surface area contributed by atoms with Gasteiger partial charge in [0.05, 0.1) is 6.26 Å². The summed E-state index contributed by atoms with van der Waals surface area (Å²) in [5, 5.41) is 3.56. The molecule has 1 aliphatic rings. The number of hydrogen-bond donors (Lipinski definition) is 1. The van der Waals surface area contributed by atoms with Crippen LogP contribution in [-0.2, 0) is 22.0 Å². The van der Waals surface area contributed by atoms with Crippen molar-refractivity contribution in [2.75, 3.05) is 19.3 Å². The Morgan fingerprint density at radius 1 is 1.29 bits per heavy atom. The van der Waals surface area contributed by atoms with E-state index in [4.69, 9.17) is 0 Å². The van der Waals surface area contributed by atoms with Gasteiger partial charge in [-0.1, -0.05) is 20.8 Å². The van der Waals surface area contributed by atoms with Crippen LogP contribution in [0.3, 0.4) is 0 Å². The van der Waals surface area contributed by atoms with Crippen LogP contribution in [0, 0.1) is 0 Å². The van der Waals surface area contributed by atoms with Gasteiger partial charge in [-0.05, 0) is 30.4 Å². The van der Waals surface area contributed by atoms with Gasteiger partial charge in [-0.3, -0.25) is 0 Å². The maximum absolute atomic E-state index is 11.5. The molecule has 2 rings (SSSR count). The molecule has 0 saturated carbocycles. The fraction of sp³-hybridized carbons (Fsp3) is 0.733. The molecule has 1 aromatic heterocycles. The van der Waals surface area contributed by atoms with E-state index in [1.165, 1.54) is 16.0 Å². The summed E-state index contributed by atoms with van der Waals surface area (Å²) < 4.78 is 24.5. The first-order chi connectivity index (χ1) is 9.66. The first-order valence-electron chi connectivity index (χ1n) is 7.44. The quantitative estimate of drug-likeness (QED) is 0.923. The molecule has 0 aromatic carbocycles. The molecule has 0 unspecified atom stereocenters. The first-order valence-corrected chi connectivity index (χ1v) is 10.1. The van der Waals surface area contributed by atoms with Crippen molar-refractivity contribution in [1.29, 1.82) is 0 Å². The topological polar surface area (TPSA) is 49.4 Å². The predicted molar refractivity (Wildman–Crippen MR) is 89.3 cm³/mol. The average molecular weight is 331 g/mol. The molecule has 1 N–H and O–H groups in total. The van der Waals surface area contributed by atoms with Crippen molar-refractivity contribution >= 4 is 21.4 Å². The highest BCUT2D eigenvalue weighted by Gasteiger charge is 2.24. The SMILES string of the molecule is CC(C)(C)c1ccc(CNC2CCN(S(C)(=O)=O)CC2)s1. The van der Waals surface area contributed by atoms with E-state index in [-0.39, 0.29) is 5.41 Å². The van der Waals surface area contributed by atoms with Gasteiger partial charge in [0.25, 0.3) is 0 Å². The van der Waals surface area contributed by atoms with Crippen molar-refractivity contribution in [3.63, 3.8) is 0 Å². The summed E-state index contributed by atoms with van der Waals surface area (Å²) in [6.45, 7) is 8.84. The largest absolute Gasteiger partial charge is 0.309 e. The Bertz CT molecular complexity index is 565. The molecule has 1 fully saturated rings. The normalized spacial score (nSPS) is 19.0. The Morgan fingerprint density at radius 2 is 1.90 bits per heavy atom. The molecule has 1 aromatic rings. The van der Waals surface area contributed by atoms with Gasteiger partial charge >= 0.3 is 0 Å². The van der Waals surface area contributed by atoms with E-state index >= 15 is 0 Å². The fourth-order valence-electron chi connectivity index (χ4n) is 2.51. The number of hydrogen-bond acceptors (Lipinski definition) is 4. The van der Waals surface area contributed by atoms with E-state index in [0.29, 0.717) is 19.1 Å². The minimum absolute atomic E-state index is 0.212. The van der Waals surface area contributed by atoms with Crippen molar-refractivity contribution in [3.8, 4) is 0 Å². The summed E-state index contributed by atoms with van der Waals surface area (Å²) in [5.74, 6) is 0. The molecule has 0 spiro atoms. The molecule has 6 heteroatoms. The Labute approximate surface area is 132 Å². The third kappa shape index (κ3) is 4.77. The lowest BCUT2D eigenvalue weighted by molar-refractivity contribution is 0.290. The third-order valence-corrected chi connectivity index (χ3v) is 6.70. The third-order valence-electron chi connectivity index (χ3n) is 3.89. The lowest BCUT2D eigenvalue weighted by Crippen LogP contribution is -2.44. The van der Waals surface area contributed by atoms with Crippen LogP contribution < -0.4 is 5.32 Å². The highest BCUT2D eigenvalue weighted by molar-refractivity contribution is 7.88. The Morgan fingerprint density at radius 3 is 2.38 bits per heavy atom. The second-order valence-corrected chi connectivity index (χ2v) is 9.98. The van der Waals surface area contributed by atoms with Gasteiger partial charge in [0.15, 0.2) is 0 Å². The van der Waals surface area contributed by atoms with Crippen molar-refractivity contribution in [2.45, 2.75) is 51.6 Å². The molecular formula is C15H26N2O2S2. The van der Waals surface area contributed by atoms with Crippen LogP contribution >= 0.6 is 11.3 Å². The summed E-state index contributed by atoms with van der Waals surface area (Å²) in [6.07, 6.45) is 3.08. The Kier molecular flexibility index (Phi) is 5.13. The number of thiophene rings is 1. The molecule has 0 aliphatic carbocycles. The van der Waals surface area contributed by atoms with Gasteiger partial charge in [-0.15, -0.1) is 11.3 Å². The molecule has 2 heterocycles. The van der Waals surface area contributed by atoms with Gasteiger partial charge < -0.3 is 5.32 Å². The highest BCUT2D eigenvalue weighted by atomic mass is 32.2. The zero-order valence-corrected chi connectivity index (χ0v) is 15.0. The van der Waals surface area contributed by atoms with E-state index in [0.717, 1.165) is 19.4 Å². The van der Waals surface area contributed by atoms with Crippen molar-refractivity contribution in [2.24, 2.45) is 0 Å². The highest BCUT2D eigenvalue weighted by Crippen LogP contribution is 2.29. The molecule has 21 heavy (non-hydrogen) atoms. The zero-order valence-electron chi connectivity index (χ0n) is 13.3. The summed E-state index contributed by atoms with van der Waals surface area (Å²) in [4.78, 5) is 2.76. The monoisotopic (exact) mass is 330 g/mol. The van der Waals surface area contributed by atoms with Crippen LogP contribution in [0.2, 0.25) is 0 Å². The number of piperidine rings is 1. The van der Waals surface area contributed by atoms with E-state index in [1.54, 1.807) is 4.31 Å². The minimum atomic E-state index is -3.02. The lowest BCUT2D eigenvalue weighted by Gasteiger charge is -2.30. The van der Waals surface area contributed by atoms with E-state index < -0.39 is 10.0 Å². The average Bonchev–Trinajstić information content (AvgIpc) is 2.84. The summed E-state index contributed by atoms with van der Waals surface area (Å²) >= 11 is 1.86. The van der Waals surface area contributed by atoms with Crippen LogP contribution in [-0.4, -0.2) is 38.1 Å². The van der Waals surface area contributed by atoms with Crippen molar-refractivity contribution in [3.05, 3.63) is 21.9 Å². The molecule has 0 radical (unpaired) electrons. The van der Waals surface area contributed by atoms with Crippen LogP contribution in [0.1, 0.15) is 43.4 Å². The van der Waals surface area contributed by atoms with E-state index in [2.05, 4.69) is 38.2 Å². The van der Waals surface area contributed by atoms with Gasteiger partial charge in [0, 0.05) is 35.4 Å². The maximum atomic E-state index is 11.5. The smallest absolute Gasteiger partial charge is 0.211 e. The standard InChI is InChI=1S/C15H26N2O2S2/c1-15(2,3)14-6-5-13(20-14)11-16-12-7-9-17(10-8-12)21(4,18)19/h5-6,12,16H,7-11H2,1-4H3. The zero-order chi connectivity index (χ0) is 15.7. The number of rotatable bonds is 4. The molecule has 1 aliphatic heterocycles. The van der Waals surface area contributed by atoms with Gasteiger partial charge in [0.1, 0.15) is 0 Å². The number of nitrogens with zero attached hydrogens (tertiary/aromatic N) is 1. The number of nitrogens with one attached hydrogen (secondary N) is 1. The van der Waals surface area contributed by atoms with E-state index in [1.807, 2.05) is 11.3 Å². The second-order valence-electron chi connectivity index (χ2n) is 6.83. The lowest BCUT2D eigenvalue weighted by atomic mass is 9.95. The molecule has 4 nitrogen and oxygen atoms in total. The summed E-state index contributed by atoms with van der Waals surface area (Å²) in [5.41, 5.74) is 0.212. The van der Waals surface area contributed by atoms with Crippen LogP contribution in [0.5, 0.6) is 0 Å². The second kappa shape index (κ2) is 6.36. The first kappa shape index (κ1) is 16.9. The molecule has 0 bridgehead atoms. The van der Waals surface area contributed by atoms with Crippen LogP contribution in [0.25, 0.3) is 0 Å².